The highest BCUT2D eigenvalue weighted by molar-refractivity contribution is 5.71. The molecule has 1 aliphatic heterocycles. The van der Waals surface area contributed by atoms with Crippen LogP contribution in [0.5, 0.6) is 28.7 Å². The standard InChI is InChI=1S/C32H32FNO7/c1-32(2,36)12-13-38-26-9-5-21(14-19(26)17-34)40-27-11-8-25(33)31-24(27)7-10-28(31)41-22-4-6-23-20(15-30(35)37-3)18-39-29(23)16-22/h4-6,8-9,11,14,16,20,28,36H,7,10,12-13,15,18H2,1-3H3/t20?,28-/m1/s1. The molecule has 0 saturated heterocycles. The molecule has 3 aromatic carbocycles. The molecule has 9 heteroatoms. The first-order valence-corrected chi connectivity index (χ1v) is 13.5. The van der Waals surface area contributed by atoms with Crippen LogP contribution < -0.4 is 18.9 Å². The second-order valence-electron chi connectivity index (χ2n) is 10.9. The Kier molecular flexibility index (Phi) is 8.04. The summed E-state index contributed by atoms with van der Waals surface area (Å²) in [4.78, 5) is 11.7. The highest BCUT2D eigenvalue weighted by atomic mass is 19.1. The first-order chi connectivity index (χ1) is 19.6. The van der Waals surface area contributed by atoms with Crippen molar-refractivity contribution in [3.8, 4) is 34.8 Å². The lowest BCUT2D eigenvalue weighted by Crippen LogP contribution is -2.21. The molecule has 0 aromatic heterocycles. The van der Waals surface area contributed by atoms with Crippen molar-refractivity contribution in [2.24, 2.45) is 0 Å². The van der Waals surface area contributed by atoms with Crippen molar-refractivity contribution in [2.45, 2.75) is 57.2 Å². The molecule has 214 valence electrons. The van der Waals surface area contributed by atoms with Crippen molar-refractivity contribution in [3.63, 3.8) is 0 Å². The smallest absolute Gasteiger partial charge is 0.306 e. The fourth-order valence-electron chi connectivity index (χ4n) is 5.13. The quantitative estimate of drug-likeness (QED) is 0.295. The fraction of sp³-hybridized carbons (Fsp3) is 0.375. The summed E-state index contributed by atoms with van der Waals surface area (Å²) in [6.07, 6.45) is 1.25. The minimum Gasteiger partial charge on any atom is -0.492 e. The van der Waals surface area contributed by atoms with Crippen LogP contribution in [0.2, 0.25) is 0 Å². The van der Waals surface area contributed by atoms with Crippen LogP contribution in [0, 0.1) is 17.1 Å². The molecule has 3 aromatic rings. The highest BCUT2D eigenvalue weighted by Crippen LogP contribution is 2.44. The summed E-state index contributed by atoms with van der Waals surface area (Å²) in [5, 5.41) is 19.5. The van der Waals surface area contributed by atoms with Crippen LogP contribution in [-0.4, -0.2) is 37.0 Å². The number of benzene rings is 3. The number of hydrogen-bond acceptors (Lipinski definition) is 8. The van der Waals surface area contributed by atoms with Gasteiger partial charge in [-0.1, -0.05) is 6.07 Å². The van der Waals surface area contributed by atoms with Crippen LogP contribution in [0.15, 0.2) is 48.5 Å². The number of nitrogens with zero attached hydrogens (tertiary/aromatic N) is 1. The van der Waals surface area contributed by atoms with Gasteiger partial charge in [-0.2, -0.15) is 5.26 Å². The Hall–Kier alpha value is -4.29. The van der Waals surface area contributed by atoms with E-state index in [9.17, 15) is 15.2 Å². The average Bonchev–Trinajstić information content (AvgIpc) is 3.54. The number of rotatable bonds is 10. The zero-order valence-electron chi connectivity index (χ0n) is 23.2. The maximum absolute atomic E-state index is 15.1. The fourth-order valence-corrected chi connectivity index (χ4v) is 5.13. The molecular formula is C32H32FNO7. The second-order valence-corrected chi connectivity index (χ2v) is 10.9. The molecule has 0 bridgehead atoms. The molecule has 2 aliphatic rings. The van der Waals surface area contributed by atoms with Crippen LogP contribution in [0.1, 0.15) is 67.4 Å². The lowest BCUT2D eigenvalue weighted by atomic mass is 9.98. The molecule has 0 spiro atoms. The summed E-state index contributed by atoms with van der Waals surface area (Å²) in [5.74, 6) is 1.76. The molecule has 41 heavy (non-hydrogen) atoms. The van der Waals surface area contributed by atoms with Gasteiger partial charge in [0.1, 0.15) is 46.7 Å². The number of ether oxygens (including phenoxy) is 5. The normalized spacial score (nSPS) is 17.2. The van der Waals surface area contributed by atoms with E-state index < -0.39 is 11.7 Å². The molecular weight excluding hydrogens is 529 g/mol. The highest BCUT2D eigenvalue weighted by Gasteiger charge is 2.32. The van der Waals surface area contributed by atoms with Gasteiger partial charge < -0.3 is 28.8 Å². The van der Waals surface area contributed by atoms with Gasteiger partial charge in [-0.25, -0.2) is 4.39 Å². The van der Waals surface area contributed by atoms with Gasteiger partial charge in [-0.3, -0.25) is 4.79 Å². The third-order valence-electron chi connectivity index (χ3n) is 7.29. The number of nitriles is 1. The Balaban J connectivity index is 1.30. The predicted octanol–water partition coefficient (Wildman–Crippen LogP) is 6.13. The number of fused-ring (bicyclic) bond motifs is 2. The van der Waals surface area contributed by atoms with E-state index in [-0.39, 0.29) is 30.7 Å². The van der Waals surface area contributed by atoms with Crippen molar-refractivity contribution in [2.75, 3.05) is 20.3 Å². The summed E-state index contributed by atoms with van der Waals surface area (Å²) in [6, 6.07) is 15.4. The van der Waals surface area contributed by atoms with E-state index in [0.717, 1.165) is 11.1 Å². The maximum Gasteiger partial charge on any atom is 0.306 e. The first-order valence-electron chi connectivity index (χ1n) is 13.5. The van der Waals surface area contributed by atoms with Gasteiger partial charge >= 0.3 is 5.97 Å². The number of carbonyl (C=O) groups is 1. The Morgan fingerprint density at radius 2 is 1.93 bits per heavy atom. The van der Waals surface area contributed by atoms with Crippen LogP contribution in [0.4, 0.5) is 4.39 Å². The number of hydrogen-bond donors (Lipinski definition) is 1. The number of esters is 1. The zero-order chi connectivity index (χ0) is 29.1. The molecule has 0 amide bonds. The van der Waals surface area contributed by atoms with Gasteiger partial charge in [0.2, 0.25) is 0 Å². The summed E-state index contributed by atoms with van der Waals surface area (Å²) >= 11 is 0. The van der Waals surface area contributed by atoms with Crippen molar-refractivity contribution in [1.29, 1.82) is 5.26 Å². The van der Waals surface area contributed by atoms with E-state index in [4.69, 9.17) is 23.7 Å². The number of carbonyl (C=O) groups excluding carboxylic acids is 1. The molecule has 1 unspecified atom stereocenters. The largest absolute Gasteiger partial charge is 0.492 e. The zero-order valence-corrected chi connectivity index (χ0v) is 23.2. The molecule has 1 aliphatic carbocycles. The lowest BCUT2D eigenvalue weighted by Gasteiger charge is -2.18. The Morgan fingerprint density at radius 3 is 2.68 bits per heavy atom. The average molecular weight is 562 g/mol. The van der Waals surface area contributed by atoms with Gasteiger partial charge in [0.15, 0.2) is 0 Å². The number of methoxy groups -OCH3 is 1. The summed E-state index contributed by atoms with van der Waals surface area (Å²) in [7, 11) is 1.36. The van der Waals surface area contributed by atoms with E-state index in [1.54, 1.807) is 44.2 Å². The summed E-state index contributed by atoms with van der Waals surface area (Å²) in [6.45, 7) is 4.03. The second kappa shape index (κ2) is 11.7. The predicted molar refractivity (Wildman–Crippen MR) is 147 cm³/mol. The first kappa shape index (κ1) is 28.2. The van der Waals surface area contributed by atoms with E-state index in [1.807, 2.05) is 12.1 Å². The van der Waals surface area contributed by atoms with E-state index in [1.165, 1.54) is 13.2 Å². The molecule has 2 atom stereocenters. The Labute approximate surface area is 238 Å². The minimum absolute atomic E-state index is 0.0780. The molecule has 0 saturated carbocycles. The monoisotopic (exact) mass is 561 g/mol. The van der Waals surface area contributed by atoms with Crippen LogP contribution in [0.25, 0.3) is 0 Å². The topological polar surface area (TPSA) is 107 Å². The van der Waals surface area contributed by atoms with Crippen LogP contribution >= 0.6 is 0 Å². The lowest BCUT2D eigenvalue weighted by molar-refractivity contribution is -0.141. The molecule has 0 fully saturated rings. The number of aliphatic hydroxyl groups is 1. The molecule has 1 N–H and O–H groups in total. The summed E-state index contributed by atoms with van der Waals surface area (Å²) < 4.78 is 43.7. The minimum atomic E-state index is -0.872. The van der Waals surface area contributed by atoms with Crippen molar-refractivity contribution < 1.29 is 38.0 Å². The van der Waals surface area contributed by atoms with E-state index >= 15 is 4.39 Å². The molecule has 5 rings (SSSR count). The molecule has 0 radical (unpaired) electrons. The SMILES string of the molecule is COC(=O)CC1COc2cc(O[C@@H]3CCc4c(Oc5ccc(OCCC(C)(C)O)c(C#N)c5)ccc(F)c43)ccc21. The molecule has 8 nitrogen and oxygen atoms in total. The van der Waals surface area contributed by atoms with Gasteiger partial charge in [0.05, 0.1) is 37.9 Å². The Morgan fingerprint density at radius 1 is 1.15 bits per heavy atom. The van der Waals surface area contributed by atoms with Gasteiger partial charge in [0.25, 0.3) is 0 Å². The van der Waals surface area contributed by atoms with Crippen LogP contribution in [0.3, 0.4) is 0 Å². The van der Waals surface area contributed by atoms with Crippen LogP contribution in [-0.2, 0) is 16.0 Å². The van der Waals surface area contributed by atoms with Crippen molar-refractivity contribution in [3.05, 3.63) is 76.6 Å². The molecule has 1 heterocycles. The van der Waals surface area contributed by atoms with Crippen molar-refractivity contribution in [1.82, 2.24) is 0 Å². The third kappa shape index (κ3) is 6.39. The third-order valence-corrected chi connectivity index (χ3v) is 7.29. The van der Waals surface area contributed by atoms with Gasteiger partial charge in [0, 0.05) is 41.2 Å². The number of halogens is 1. The van der Waals surface area contributed by atoms with Gasteiger partial charge in [-0.05, 0) is 57.0 Å². The van der Waals surface area contributed by atoms with E-state index in [2.05, 4.69) is 6.07 Å². The Bertz CT molecular complexity index is 1490. The maximum atomic E-state index is 15.1. The van der Waals surface area contributed by atoms with E-state index in [0.29, 0.717) is 65.7 Å². The van der Waals surface area contributed by atoms with Gasteiger partial charge in [-0.15, -0.1) is 0 Å². The van der Waals surface area contributed by atoms with Crippen molar-refractivity contribution >= 4 is 5.97 Å². The summed E-state index contributed by atoms with van der Waals surface area (Å²) in [5.41, 5.74) is 1.51.